The number of hydrogen-bond donors (Lipinski definition) is 3. The standard InChI is InChI=1S/C24H32N4O7/c1-14(2)21(27-18(29)12-13-28-19(30)10-11-20(28)31)23(33)25-15(3)22(32)26-17-9-7-6-8-16(17)24(34-4)35-5/h6-11,14-15,21,24H,12-13H2,1-5H3,(H,25,33)(H,26,32)(H,27,29)/t15-,21-/m0/s1. The van der Waals surface area contributed by atoms with Gasteiger partial charge in [-0.25, -0.2) is 0 Å². The number of hydrogen-bond acceptors (Lipinski definition) is 7. The van der Waals surface area contributed by atoms with E-state index in [-0.39, 0.29) is 18.9 Å². The van der Waals surface area contributed by atoms with Crippen molar-refractivity contribution in [3.05, 3.63) is 42.0 Å². The summed E-state index contributed by atoms with van der Waals surface area (Å²) < 4.78 is 10.5. The minimum Gasteiger partial charge on any atom is -0.352 e. The Balaban J connectivity index is 1.96. The number of benzene rings is 1. The molecule has 0 fully saturated rings. The molecule has 1 aliphatic heterocycles. The lowest BCUT2D eigenvalue weighted by Gasteiger charge is -2.24. The average molecular weight is 489 g/mol. The number of anilines is 1. The van der Waals surface area contributed by atoms with Gasteiger partial charge in [0.05, 0.1) is 0 Å². The smallest absolute Gasteiger partial charge is 0.253 e. The van der Waals surface area contributed by atoms with Crippen molar-refractivity contribution in [3.63, 3.8) is 0 Å². The zero-order chi connectivity index (χ0) is 26.1. The summed E-state index contributed by atoms with van der Waals surface area (Å²) in [5.74, 6) is -2.75. The molecule has 2 rings (SSSR count). The SMILES string of the molecule is COC(OC)c1ccccc1NC(=O)[C@H](C)NC(=O)[C@@H](NC(=O)CCN1C(=O)C=CC1=O)C(C)C. The first-order valence-electron chi connectivity index (χ1n) is 11.2. The third-order valence-electron chi connectivity index (χ3n) is 5.38. The molecule has 3 N–H and O–H groups in total. The van der Waals surface area contributed by atoms with Gasteiger partial charge in [0.15, 0.2) is 6.29 Å². The predicted molar refractivity (Wildman–Crippen MR) is 127 cm³/mol. The van der Waals surface area contributed by atoms with Gasteiger partial charge in [-0.05, 0) is 18.9 Å². The van der Waals surface area contributed by atoms with Crippen molar-refractivity contribution in [3.8, 4) is 0 Å². The monoisotopic (exact) mass is 488 g/mol. The number of nitrogens with one attached hydrogen (secondary N) is 3. The molecule has 0 aromatic heterocycles. The number of imide groups is 1. The highest BCUT2D eigenvalue weighted by Crippen LogP contribution is 2.25. The number of carbonyl (C=O) groups is 5. The Hall–Kier alpha value is -3.57. The molecule has 1 aromatic carbocycles. The van der Waals surface area contributed by atoms with Crippen LogP contribution in [0.25, 0.3) is 0 Å². The molecule has 1 aromatic rings. The summed E-state index contributed by atoms with van der Waals surface area (Å²) in [6.07, 6.45) is 1.45. The summed E-state index contributed by atoms with van der Waals surface area (Å²) in [7, 11) is 2.96. The zero-order valence-electron chi connectivity index (χ0n) is 20.5. The van der Waals surface area contributed by atoms with Crippen LogP contribution in [0, 0.1) is 5.92 Å². The molecule has 1 aliphatic rings. The Morgan fingerprint density at radius 3 is 2.09 bits per heavy atom. The van der Waals surface area contributed by atoms with Crippen molar-refractivity contribution in [1.29, 1.82) is 0 Å². The summed E-state index contributed by atoms with van der Waals surface area (Å²) in [4.78, 5) is 62.2. The first-order chi connectivity index (χ1) is 16.6. The quantitative estimate of drug-likeness (QED) is 0.293. The second-order valence-electron chi connectivity index (χ2n) is 8.31. The second kappa shape index (κ2) is 12.8. The van der Waals surface area contributed by atoms with Crippen LogP contribution in [0.1, 0.15) is 39.0 Å². The Bertz CT molecular complexity index is 970. The van der Waals surface area contributed by atoms with Gasteiger partial charge in [-0.2, -0.15) is 0 Å². The van der Waals surface area contributed by atoms with Gasteiger partial charge in [0.2, 0.25) is 17.7 Å². The molecule has 0 bridgehead atoms. The van der Waals surface area contributed by atoms with Crippen LogP contribution in [0.5, 0.6) is 0 Å². The highest BCUT2D eigenvalue weighted by Gasteiger charge is 2.29. The number of nitrogens with zero attached hydrogens (tertiary/aromatic N) is 1. The molecule has 0 aliphatic carbocycles. The highest BCUT2D eigenvalue weighted by molar-refractivity contribution is 6.13. The molecule has 11 heteroatoms. The number of rotatable bonds is 12. The number of ether oxygens (including phenoxy) is 2. The van der Waals surface area contributed by atoms with E-state index < -0.39 is 47.9 Å². The maximum Gasteiger partial charge on any atom is 0.253 e. The molecule has 0 saturated carbocycles. The number of carbonyl (C=O) groups excluding carboxylic acids is 5. The van der Waals surface area contributed by atoms with Gasteiger partial charge in [0.25, 0.3) is 11.8 Å². The number of amides is 5. The van der Waals surface area contributed by atoms with Gasteiger partial charge < -0.3 is 25.4 Å². The van der Waals surface area contributed by atoms with Crippen LogP contribution in [0.3, 0.4) is 0 Å². The molecule has 190 valence electrons. The van der Waals surface area contributed by atoms with Crippen LogP contribution in [0.4, 0.5) is 5.69 Å². The minimum absolute atomic E-state index is 0.0922. The lowest BCUT2D eigenvalue weighted by Crippen LogP contribution is -2.54. The Labute approximate surface area is 204 Å². The van der Waals surface area contributed by atoms with Gasteiger partial charge in [-0.15, -0.1) is 0 Å². The molecular weight excluding hydrogens is 456 g/mol. The summed E-state index contributed by atoms with van der Waals surface area (Å²) in [6, 6.07) is 5.13. The van der Waals surface area contributed by atoms with Gasteiger partial charge in [-0.1, -0.05) is 32.0 Å². The molecule has 0 radical (unpaired) electrons. The van der Waals surface area contributed by atoms with E-state index in [9.17, 15) is 24.0 Å². The Kier molecular flexibility index (Phi) is 10.1. The lowest BCUT2D eigenvalue weighted by atomic mass is 10.0. The summed E-state index contributed by atoms with van der Waals surface area (Å²) in [5, 5.41) is 7.99. The third-order valence-corrected chi connectivity index (χ3v) is 5.38. The minimum atomic E-state index is -0.917. The molecule has 0 spiro atoms. The van der Waals surface area contributed by atoms with Crippen LogP contribution in [-0.4, -0.2) is 67.3 Å². The fourth-order valence-electron chi connectivity index (χ4n) is 3.42. The summed E-state index contributed by atoms with van der Waals surface area (Å²) >= 11 is 0. The van der Waals surface area contributed by atoms with Gasteiger partial charge in [0.1, 0.15) is 12.1 Å². The van der Waals surface area contributed by atoms with E-state index in [4.69, 9.17) is 9.47 Å². The van der Waals surface area contributed by atoms with E-state index in [0.29, 0.717) is 11.3 Å². The van der Waals surface area contributed by atoms with Gasteiger partial charge >= 0.3 is 0 Å². The molecule has 11 nitrogen and oxygen atoms in total. The Morgan fingerprint density at radius 2 is 1.51 bits per heavy atom. The van der Waals surface area contributed by atoms with Gasteiger partial charge in [0, 0.05) is 50.6 Å². The molecule has 35 heavy (non-hydrogen) atoms. The first kappa shape index (κ1) is 27.7. The van der Waals surface area contributed by atoms with E-state index in [2.05, 4.69) is 16.0 Å². The van der Waals surface area contributed by atoms with E-state index in [1.807, 2.05) is 0 Å². The van der Waals surface area contributed by atoms with Crippen molar-refractivity contribution < 1.29 is 33.4 Å². The van der Waals surface area contributed by atoms with E-state index in [0.717, 1.165) is 17.1 Å². The largest absolute Gasteiger partial charge is 0.352 e. The summed E-state index contributed by atoms with van der Waals surface area (Å²) in [5.41, 5.74) is 1.09. The normalized spacial score (nSPS) is 14.9. The molecule has 0 unspecified atom stereocenters. The lowest BCUT2D eigenvalue weighted by molar-refractivity contribution is -0.137. The van der Waals surface area contributed by atoms with Crippen LogP contribution < -0.4 is 16.0 Å². The van der Waals surface area contributed by atoms with Crippen molar-refractivity contribution in [2.45, 2.75) is 45.6 Å². The van der Waals surface area contributed by atoms with Crippen LogP contribution >= 0.6 is 0 Å². The molecule has 1 heterocycles. The first-order valence-corrected chi connectivity index (χ1v) is 11.2. The maximum atomic E-state index is 12.8. The third kappa shape index (κ3) is 7.46. The molecule has 5 amide bonds. The number of para-hydroxylation sites is 1. The molecule has 0 saturated heterocycles. The molecule has 2 atom stereocenters. The van der Waals surface area contributed by atoms with Crippen molar-refractivity contribution in [1.82, 2.24) is 15.5 Å². The maximum absolute atomic E-state index is 12.8. The highest BCUT2D eigenvalue weighted by atomic mass is 16.7. The van der Waals surface area contributed by atoms with Crippen molar-refractivity contribution >= 4 is 35.2 Å². The van der Waals surface area contributed by atoms with Crippen LogP contribution in [0.2, 0.25) is 0 Å². The second-order valence-corrected chi connectivity index (χ2v) is 8.31. The van der Waals surface area contributed by atoms with E-state index in [1.54, 1.807) is 38.1 Å². The van der Waals surface area contributed by atoms with Gasteiger partial charge in [-0.3, -0.25) is 28.9 Å². The Morgan fingerprint density at radius 1 is 0.914 bits per heavy atom. The molecular formula is C24H32N4O7. The van der Waals surface area contributed by atoms with Crippen molar-refractivity contribution in [2.24, 2.45) is 5.92 Å². The predicted octanol–water partition coefficient (Wildman–Crippen LogP) is 0.877. The zero-order valence-corrected chi connectivity index (χ0v) is 20.5. The summed E-state index contributed by atoms with van der Waals surface area (Å²) in [6.45, 7) is 4.93. The van der Waals surface area contributed by atoms with Crippen LogP contribution in [-0.2, 0) is 33.4 Å². The number of methoxy groups -OCH3 is 2. The fraction of sp³-hybridized carbons (Fsp3) is 0.458. The van der Waals surface area contributed by atoms with E-state index >= 15 is 0 Å². The topological polar surface area (TPSA) is 143 Å². The van der Waals surface area contributed by atoms with Crippen molar-refractivity contribution in [2.75, 3.05) is 26.1 Å². The van der Waals surface area contributed by atoms with E-state index in [1.165, 1.54) is 21.1 Å². The fourth-order valence-corrected chi connectivity index (χ4v) is 3.42. The van der Waals surface area contributed by atoms with Crippen LogP contribution in [0.15, 0.2) is 36.4 Å². The average Bonchev–Trinajstić information content (AvgIpc) is 3.14.